The van der Waals surface area contributed by atoms with E-state index in [4.69, 9.17) is 32.7 Å². The van der Waals surface area contributed by atoms with Crippen LogP contribution in [0.1, 0.15) is 5.56 Å². The molecule has 0 unspecified atom stereocenters. The minimum Gasteiger partial charge on any atom is -0.492 e. The van der Waals surface area contributed by atoms with Crippen LogP contribution in [-0.2, 0) is 6.61 Å². The zero-order valence-corrected chi connectivity index (χ0v) is 17.5. The van der Waals surface area contributed by atoms with Crippen molar-refractivity contribution in [1.82, 2.24) is 5.32 Å². The highest BCUT2D eigenvalue weighted by molar-refractivity contribution is 6.42. The van der Waals surface area contributed by atoms with Crippen LogP contribution in [0.4, 0.5) is 5.69 Å². The quantitative estimate of drug-likeness (QED) is 0.385. The predicted molar refractivity (Wildman–Crippen MR) is 121 cm³/mol. The number of hydrogen-bond donors (Lipinski definition) is 2. The van der Waals surface area contributed by atoms with E-state index in [1.165, 1.54) is 0 Å². The second kappa shape index (κ2) is 11.6. The van der Waals surface area contributed by atoms with Crippen molar-refractivity contribution in [3.8, 4) is 11.5 Å². The Morgan fingerprint density at radius 2 is 1.41 bits per heavy atom. The molecule has 0 aromatic heterocycles. The van der Waals surface area contributed by atoms with Crippen LogP contribution < -0.4 is 20.1 Å². The van der Waals surface area contributed by atoms with Crippen LogP contribution in [0.3, 0.4) is 0 Å². The molecule has 0 fully saturated rings. The summed E-state index contributed by atoms with van der Waals surface area (Å²) in [6.07, 6.45) is 0. The summed E-state index contributed by atoms with van der Waals surface area (Å²) in [5, 5.41) is 7.73. The number of ether oxygens (including phenoxy) is 2. The Morgan fingerprint density at radius 1 is 0.690 bits per heavy atom. The first-order valence-electron chi connectivity index (χ1n) is 9.50. The van der Waals surface area contributed by atoms with E-state index in [1.807, 2.05) is 66.7 Å². The summed E-state index contributed by atoms with van der Waals surface area (Å²) in [5.74, 6) is 1.65. The van der Waals surface area contributed by atoms with E-state index in [-0.39, 0.29) is 0 Å². The molecule has 0 aliphatic rings. The van der Waals surface area contributed by atoms with E-state index in [2.05, 4.69) is 10.6 Å². The van der Waals surface area contributed by atoms with E-state index < -0.39 is 0 Å². The van der Waals surface area contributed by atoms with Crippen LogP contribution in [0, 0.1) is 0 Å². The molecule has 152 valence electrons. The number of nitrogens with one attached hydrogen (secondary N) is 2. The smallest absolute Gasteiger partial charge is 0.120 e. The first-order valence-corrected chi connectivity index (χ1v) is 10.3. The maximum absolute atomic E-state index is 6.00. The maximum atomic E-state index is 6.00. The number of anilines is 1. The molecule has 0 amide bonds. The Bertz CT molecular complexity index is 874. The number of benzene rings is 3. The van der Waals surface area contributed by atoms with Gasteiger partial charge in [0, 0.05) is 25.3 Å². The van der Waals surface area contributed by atoms with Crippen molar-refractivity contribution in [1.29, 1.82) is 0 Å². The van der Waals surface area contributed by atoms with Gasteiger partial charge in [-0.15, -0.1) is 0 Å². The van der Waals surface area contributed by atoms with Gasteiger partial charge in [-0.1, -0.05) is 53.5 Å². The molecule has 0 heterocycles. The van der Waals surface area contributed by atoms with Gasteiger partial charge in [-0.3, -0.25) is 0 Å². The number of rotatable bonds is 11. The van der Waals surface area contributed by atoms with Gasteiger partial charge in [-0.25, -0.2) is 0 Å². The average molecular weight is 431 g/mol. The SMILES string of the molecule is Clc1ccc(NCCNCCOc2ccc(OCc3ccccc3)cc2)cc1Cl. The molecule has 0 saturated carbocycles. The van der Waals surface area contributed by atoms with Crippen LogP contribution in [0.2, 0.25) is 10.0 Å². The van der Waals surface area contributed by atoms with Crippen LogP contribution in [0.15, 0.2) is 72.8 Å². The van der Waals surface area contributed by atoms with Crippen molar-refractivity contribution in [2.45, 2.75) is 6.61 Å². The second-order valence-corrected chi connectivity index (χ2v) is 7.21. The fourth-order valence-corrected chi connectivity index (χ4v) is 2.94. The molecule has 0 bridgehead atoms. The summed E-state index contributed by atoms with van der Waals surface area (Å²) in [6, 6.07) is 23.3. The molecule has 6 heteroatoms. The molecule has 0 radical (unpaired) electrons. The van der Waals surface area contributed by atoms with Gasteiger partial charge in [0.2, 0.25) is 0 Å². The third-order valence-electron chi connectivity index (χ3n) is 4.17. The Morgan fingerprint density at radius 3 is 2.14 bits per heavy atom. The van der Waals surface area contributed by atoms with Crippen LogP contribution in [-0.4, -0.2) is 26.2 Å². The molecule has 3 rings (SSSR count). The Kier molecular flexibility index (Phi) is 8.50. The largest absolute Gasteiger partial charge is 0.492 e. The van der Waals surface area contributed by atoms with Crippen LogP contribution >= 0.6 is 23.2 Å². The predicted octanol–water partition coefficient (Wildman–Crippen LogP) is 5.65. The summed E-state index contributed by atoms with van der Waals surface area (Å²) in [5.41, 5.74) is 2.10. The summed E-state index contributed by atoms with van der Waals surface area (Å²) >= 11 is 11.9. The molecule has 4 nitrogen and oxygen atoms in total. The van der Waals surface area contributed by atoms with Gasteiger partial charge in [-0.05, 0) is 48.0 Å². The molecule has 2 N–H and O–H groups in total. The van der Waals surface area contributed by atoms with Crippen molar-refractivity contribution in [2.24, 2.45) is 0 Å². The van der Waals surface area contributed by atoms with Crippen molar-refractivity contribution < 1.29 is 9.47 Å². The standard InChI is InChI=1S/C23H24Cl2N2O2/c24-22-11-6-19(16-23(22)25)27-13-12-26-14-15-28-20-7-9-21(10-8-20)29-17-18-4-2-1-3-5-18/h1-11,16,26-27H,12-15,17H2. The highest BCUT2D eigenvalue weighted by Crippen LogP contribution is 2.24. The first-order chi connectivity index (χ1) is 14.2. The number of hydrogen-bond acceptors (Lipinski definition) is 4. The maximum Gasteiger partial charge on any atom is 0.120 e. The summed E-state index contributed by atoms with van der Waals surface area (Å²) in [7, 11) is 0. The molecule has 0 spiro atoms. The lowest BCUT2D eigenvalue weighted by Gasteiger charge is -2.10. The minimum absolute atomic E-state index is 0.550. The summed E-state index contributed by atoms with van der Waals surface area (Å²) in [4.78, 5) is 0. The second-order valence-electron chi connectivity index (χ2n) is 6.40. The van der Waals surface area contributed by atoms with E-state index in [0.29, 0.717) is 23.3 Å². The fraction of sp³-hybridized carbons (Fsp3) is 0.217. The highest BCUT2D eigenvalue weighted by Gasteiger charge is 2.00. The van der Waals surface area contributed by atoms with E-state index in [1.54, 1.807) is 6.07 Å². The zero-order chi connectivity index (χ0) is 20.3. The van der Waals surface area contributed by atoms with Gasteiger partial charge in [0.25, 0.3) is 0 Å². The molecule has 3 aromatic rings. The Labute approximate surface area is 181 Å². The van der Waals surface area contributed by atoms with Gasteiger partial charge < -0.3 is 20.1 Å². The normalized spacial score (nSPS) is 10.6. The fourth-order valence-electron chi connectivity index (χ4n) is 2.64. The van der Waals surface area contributed by atoms with E-state index >= 15 is 0 Å². The highest BCUT2D eigenvalue weighted by atomic mass is 35.5. The van der Waals surface area contributed by atoms with Gasteiger partial charge in [0.1, 0.15) is 24.7 Å². The average Bonchev–Trinajstić information content (AvgIpc) is 2.75. The molecule has 0 aliphatic carbocycles. The molecule has 0 saturated heterocycles. The van der Waals surface area contributed by atoms with Crippen LogP contribution in [0.25, 0.3) is 0 Å². The van der Waals surface area contributed by atoms with Gasteiger partial charge in [0.05, 0.1) is 10.0 Å². The Balaban J connectivity index is 1.27. The lowest BCUT2D eigenvalue weighted by Crippen LogP contribution is -2.26. The number of halogens is 2. The Hall–Kier alpha value is -2.40. The van der Waals surface area contributed by atoms with Crippen molar-refractivity contribution in [3.63, 3.8) is 0 Å². The topological polar surface area (TPSA) is 42.5 Å². The van der Waals surface area contributed by atoms with Gasteiger partial charge in [-0.2, -0.15) is 0 Å². The van der Waals surface area contributed by atoms with E-state index in [0.717, 1.165) is 42.4 Å². The van der Waals surface area contributed by atoms with Crippen molar-refractivity contribution >= 4 is 28.9 Å². The molecule has 3 aromatic carbocycles. The summed E-state index contributed by atoms with van der Waals surface area (Å²) < 4.78 is 11.5. The van der Waals surface area contributed by atoms with Crippen molar-refractivity contribution in [2.75, 3.05) is 31.6 Å². The zero-order valence-electron chi connectivity index (χ0n) is 16.0. The lowest BCUT2D eigenvalue weighted by atomic mass is 10.2. The first kappa shape index (κ1) is 21.3. The summed E-state index contributed by atoms with van der Waals surface area (Å²) in [6.45, 7) is 3.51. The van der Waals surface area contributed by atoms with Crippen molar-refractivity contribution in [3.05, 3.63) is 88.4 Å². The minimum atomic E-state index is 0.550. The molecular formula is C23H24Cl2N2O2. The monoisotopic (exact) mass is 430 g/mol. The lowest BCUT2D eigenvalue weighted by molar-refractivity contribution is 0.301. The molecule has 0 aliphatic heterocycles. The molecular weight excluding hydrogens is 407 g/mol. The van der Waals surface area contributed by atoms with Gasteiger partial charge in [0.15, 0.2) is 0 Å². The van der Waals surface area contributed by atoms with Crippen LogP contribution in [0.5, 0.6) is 11.5 Å². The molecule has 0 atom stereocenters. The van der Waals surface area contributed by atoms with Gasteiger partial charge >= 0.3 is 0 Å². The third kappa shape index (κ3) is 7.50. The van der Waals surface area contributed by atoms with E-state index in [9.17, 15) is 0 Å². The molecule has 29 heavy (non-hydrogen) atoms. The third-order valence-corrected chi connectivity index (χ3v) is 4.91.